The number of hydrogen-bond acceptors (Lipinski definition) is 6. The molecule has 1 fully saturated rings. The second-order valence-electron chi connectivity index (χ2n) is 5.02. The molecule has 1 aliphatic heterocycles. The van der Waals surface area contributed by atoms with Gasteiger partial charge in [-0.2, -0.15) is 0 Å². The van der Waals surface area contributed by atoms with E-state index in [0.717, 1.165) is 6.42 Å². The van der Waals surface area contributed by atoms with Gasteiger partial charge in [0.15, 0.2) is 0 Å². The van der Waals surface area contributed by atoms with Gasteiger partial charge >= 0.3 is 5.97 Å². The Balaban J connectivity index is 2.07. The Morgan fingerprint density at radius 2 is 2.45 bits per heavy atom. The third kappa shape index (κ3) is 2.98. The van der Waals surface area contributed by atoms with E-state index in [4.69, 9.17) is 9.47 Å². The number of carbonyl (C=O) groups is 1. The van der Waals surface area contributed by atoms with E-state index in [1.54, 1.807) is 13.0 Å². The van der Waals surface area contributed by atoms with E-state index in [9.17, 15) is 9.90 Å². The fourth-order valence-electron chi connectivity index (χ4n) is 1.97. The molecule has 1 aromatic heterocycles. The number of carboxylic acid groups (broad SMARTS) is 1. The van der Waals surface area contributed by atoms with Crippen LogP contribution in [-0.2, 0) is 9.53 Å². The average Bonchev–Trinajstić information content (AvgIpc) is 2.80. The zero-order chi connectivity index (χ0) is 14.6. The predicted molar refractivity (Wildman–Crippen MR) is 71.8 cm³/mol. The first-order valence-corrected chi connectivity index (χ1v) is 6.59. The largest absolute Gasteiger partial charge is 0.481 e. The number of rotatable bonds is 6. The summed E-state index contributed by atoms with van der Waals surface area (Å²) in [5.41, 5.74) is -0.963. The summed E-state index contributed by atoms with van der Waals surface area (Å²) in [6.07, 6.45) is 2.28. The zero-order valence-electron chi connectivity index (χ0n) is 11.6. The molecular weight excluding hydrogens is 262 g/mol. The van der Waals surface area contributed by atoms with Gasteiger partial charge in [0, 0.05) is 6.07 Å². The summed E-state index contributed by atoms with van der Waals surface area (Å²) in [5, 5.41) is 12.4. The second kappa shape index (κ2) is 6.04. The Labute approximate surface area is 117 Å². The molecule has 2 atom stereocenters. The van der Waals surface area contributed by atoms with Crippen molar-refractivity contribution in [3.05, 3.63) is 12.4 Å². The SMILES string of the molecule is CCCOc1cc(NC2COCC2(C)C(=O)O)ncn1. The molecule has 0 saturated carbocycles. The highest BCUT2D eigenvalue weighted by Crippen LogP contribution is 2.31. The monoisotopic (exact) mass is 281 g/mol. The maximum absolute atomic E-state index is 11.4. The predicted octanol–water partition coefficient (Wildman–Crippen LogP) is 1.17. The Hall–Kier alpha value is -1.89. The summed E-state index contributed by atoms with van der Waals surface area (Å²) in [5.74, 6) is 0.124. The van der Waals surface area contributed by atoms with Crippen molar-refractivity contribution >= 4 is 11.8 Å². The summed E-state index contributed by atoms with van der Waals surface area (Å²) >= 11 is 0. The molecule has 7 heteroatoms. The first kappa shape index (κ1) is 14.5. The topological polar surface area (TPSA) is 93.6 Å². The minimum atomic E-state index is -0.963. The molecular formula is C13H19N3O4. The third-order valence-electron chi connectivity index (χ3n) is 3.36. The van der Waals surface area contributed by atoms with Gasteiger partial charge < -0.3 is 19.9 Å². The number of nitrogens with zero attached hydrogens (tertiary/aromatic N) is 2. The maximum atomic E-state index is 11.4. The molecule has 0 radical (unpaired) electrons. The number of carboxylic acids is 1. The highest BCUT2D eigenvalue weighted by molar-refractivity contribution is 5.76. The highest BCUT2D eigenvalue weighted by Gasteiger charge is 2.46. The van der Waals surface area contributed by atoms with E-state index >= 15 is 0 Å². The number of ether oxygens (including phenoxy) is 2. The van der Waals surface area contributed by atoms with Gasteiger partial charge in [0.25, 0.3) is 0 Å². The normalized spacial score (nSPS) is 25.4. The molecule has 2 N–H and O–H groups in total. The average molecular weight is 281 g/mol. The Morgan fingerprint density at radius 3 is 3.15 bits per heavy atom. The van der Waals surface area contributed by atoms with Crippen molar-refractivity contribution in [2.45, 2.75) is 26.3 Å². The van der Waals surface area contributed by atoms with Gasteiger partial charge in [0.05, 0.1) is 25.9 Å². The molecule has 0 aromatic carbocycles. The van der Waals surface area contributed by atoms with E-state index < -0.39 is 11.4 Å². The van der Waals surface area contributed by atoms with E-state index in [2.05, 4.69) is 15.3 Å². The molecule has 7 nitrogen and oxygen atoms in total. The summed E-state index contributed by atoms with van der Waals surface area (Å²) in [6.45, 7) is 4.77. The van der Waals surface area contributed by atoms with Crippen LogP contribution in [0.25, 0.3) is 0 Å². The van der Waals surface area contributed by atoms with Crippen LogP contribution in [-0.4, -0.2) is 46.9 Å². The molecule has 20 heavy (non-hydrogen) atoms. The van der Waals surface area contributed by atoms with Crippen LogP contribution in [0.3, 0.4) is 0 Å². The first-order chi connectivity index (χ1) is 9.56. The summed E-state index contributed by atoms with van der Waals surface area (Å²) in [6, 6.07) is 1.32. The second-order valence-corrected chi connectivity index (χ2v) is 5.02. The molecule has 2 heterocycles. The van der Waals surface area contributed by atoms with Gasteiger partial charge in [-0.1, -0.05) is 6.92 Å². The number of nitrogens with one attached hydrogen (secondary N) is 1. The van der Waals surface area contributed by atoms with Crippen molar-refractivity contribution < 1.29 is 19.4 Å². The van der Waals surface area contributed by atoms with E-state index in [-0.39, 0.29) is 12.6 Å². The lowest BCUT2D eigenvalue weighted by atomic mass is 9.85. The first-order valence-electron chi connectivity index (χ1n) is 6.59. The lowest BCUT2D eigenvalue weighted by molar-refractivity contribution is -0.148. The number of anilines is 1. The molecule has 0 bridgehead atoms. The van der Waals surface area contributed by atoms with Crippen molar-refractivity contribution in [1.82, 2.24) is 9.97 Å². The summed E-state index contributed by atoms with van der Waals surface area (Å²) in [7, 11) is 0. The van der Waals surface area contributed by atoms with Crippen LogP contribution < -0.4 is 10.1 Å². The van der Waals surface area contributed by atoms with Crippen LogP contribution in [0.15, 0.2) is 12.4 Å². The number of aliphatic carboxylic acids is 1. The molecule has 0 spiro atoms. The Morgan fingerprint density at radius 1 is 1.65 bits per heavy atom. The van der Waals surface area contributed by atoms with Crippen LogP contribution in [0.1, 0.15) is 20.3 Å². The molecule has 2 unspecified atom stereocenters. The van der Waals surface area contributed by atoms with Crippen molar-refractivity contribution in [3.8, 4) is 5.88 Å². The lowest BCUT2D eigenvalue weighted by Gasteiger charge is -2.25. The molecule has 1 aromatic rings. The standard InChI is InChI=1S/C13H19N3O4/c1-3-4-20-11-5-10(14-8-15-11)16-9-6-19-7-13(9,2)12(17)18/h5,8-9H,3-4,6-7H2,1-2H3,(H,17,18)(H,14,15,16). The fraction of sp³-hybridized carbons (Fsp3) is 0.615. The van der Waals surface area contributed by atoms with Crippen LogP contribution in [0, 0.1) is 5.41 Å². The van der Waals surface area contributed by atoms with Gasteiger partial charge in [-0.3, -0.25) is 4.79 Å². The molecule has 1 aliphatic rings. The van der Waals surface area contributed by atoms with Crippen molar-refractivity contribution in [3.63, 3.8) is 0 Å². The van der Waals surface area contributed by atoms with E-state index in [1.165, 1.54) is 6.33 Å². The van der Waals surface area contributed by atoms with Crippen LogP contribution in [0.5, 0.6) is 5.88 Å². The quantitative estimate of drug-likeness (QED) is 0.808. The molecule has 0 aliphatic carbocycles. The zero-order valence-corrected chi connectivity index (χ0v) is 11.6. The lowest BCUT2D eigenvalue weighted by Crippen LogP contribution is -2.43. The van der Waals surface area contributed by atoms with Gasteiger partial charge in [0.2, 0.25) is 5.88 Å². The molecule has 110 valence electrons. The van der Waals surface area contributed by atoms with Crippen molar-refractivity contribution in [2.75, 3.05) is 25.1 Å². The number of hydrogen-bond donors (Lipinski definition) is 2. The highest BCUT2D eigenvalue weighted by atomic mass is 16.5. The summed E-state index contributed by atoms with van der Waals surface area (Å²) in [4.78, 5) is 19.4. The minimum absolute atomic E-state index is 0.185. The molecule has 1 saturated heterocycles. The van der Waals surface area contributed by atoms with E-state index in [1.807, 2.05) is 6.92 Å². The van der Waals surface area contributed by atoms with Crippen LogP contribution in [0.2, 0.25) is 0 Å². The third-order valence-corrected chi connectivity index (χ3v) is 3.36. The number of aromatic nitrogens is 2. The van der Waals surface area contributed by atoms with Crippen LogP contribution >= 0.6 is 0 Å². The summed E-state index contributed by atoms with van der Waals surface area (Å²) < 4.78 is 10.7. The van der Waals surface area contributed by atoms with Crippen molar-refractivity contribution in [1.29, 1.82) is 0 Å². The van der Waals surface area contributed by atoms with Gasteiger partial charge in [-0.15, -0.1) is 0 Å². The Kier molecular flexibility index (Phi) is 4.39. The smallest absolute Gasteiger partial charge is 0.313 e. The van der Waals surface area contributed by atoms with E-state index in [0.29, 0.717) is 24.9 Å². The van der Waals surface area contributed by atoms with Gasteiger partial charge in [0.1, 0.15) is 17.6 Å². The van der Waals surface area contributed by atoms with Crippen molar-refractivity contribution in [2.24, 2.45) is 5.41 Å². The Bertz CT molecular complexity index is 482. The molecule has 2 rings (SSSR count). The van der Waals surface area contributed by atoms with Gasteiger partial charge in [-0.25, -0.2) is 9.97 Å². The van der Waals surface area contributed by atoms with Gasteiger partial charge in [-0.05, 0) is 13.3 Å². The molecule has 0 amide bonds. The fourth-order valence-corrected chi connectivity index (χ4v) is 1.97. The maximum Gasteiger partial charge on any atom is 0.313 e. The van der Waals surface area contributed by atoms with Crippen LogP contribution in [0.4, 0.5) is 5.82 Å². The minimum Gasteiger partial charge on any atom is -0.481 e.